The van der Waals surface area contributed by atoms with Gasteiger partial charge in [0.25, 0.3) is 0 Å². The average Bonchev–Trinajstić information content (AvgIpc) is 2.91. The van der Waals surface area contributed by atoms with Crippen LogP contribution >= 0.6 is 11.3 Å². The third-order valence-electron chi connectivity index (χ3n) is 2.79. The summed E-state index contributed by atoms with van der Waals surface area (Å²) in [6, 6.07) is 7.76. The van der Waals surface area contributed by atoms with Crippen molar-refractivity contribution in [2.75, 3.05) is 20.8 Å². The summed E-state index contributed by atoms with van der Waals surface area (Å²) in [7, 11) is 3.19. The third kappa shape index (κ3) is 3.32. The molecule has 0 amide bonds. The molecule has 0 spiro atoms. The first-order valence-electron chi connectivity index (χ1n) is 6.43. The lowest BCUT2D eigenvalue weighted by Gasteiger charge is -2.10. The number of methoxy groups -OCH3 is 2. The fourth-order valence-corrected chi connectivity index (χ4v) is 2.74. The van der Waals surface area contributed by atoms with Crippen molar-refractivity contribution in [1.82, 2.24) is 4.98 Å². The molecule has 0 aliphatic heterocycles. The molecule has 0 bridgehead atoms. The van der Waals surface area contributed by atoms with E-state index in [2.05, 4.69) is 11.1 Å². The summed E-state index contributed by atoms with van der Waals surface area (Å²) in [4.78, 5) is 5.04. The third-order valence-corrected chi connectivity index (χ3v) is 3.84. The minimum absolute atomic E-state index is 0.327. The van der Waals surface area contributed by atoms with Crippen LogP contribution in [0.2, 0.25) is 0 Å². The first kappa shape index (κ1) is 15.3. The van der Waals surface area contributed by atoms with Crippen LogP contribution in [0.3, 0.4) is 0 Å². The summed E-state index contributed by atoms with van der Waals surface area (Å²) in [5, 5.41) is 9.91. The van der Waals surface area contributed by atoms with E-state index in [0.29, 0.717) is 35.3 Å². The van der Waals surface area contributed by atoms with Crippen molar-refractivity contribution in [3.05, 3.63) is 28.8 Å². The quantitative estimate of drug-likeness (QED) is 0.819. The van der Waals surface area contributed by atoms with E-state index in [-0.39, 0.29) is 0 Å². The number of aromatic nitrogens is 1. The standard InChI is InChI=1S/C15H16N2O3S/c1-4-20-13-7-10(5-6-12(13)19-3)15-17-11(9-18-2)14(8-16)21-15/h5-7H,4,9H2,1-3H3. The van der Waals surface area contributed by atoms with Crippen LogP contribution in [0.15, 0.2) is 18.2 Å². The molecule has 0 atom stereocenters. The van der Waals surface area contributed by atoms with E-state index < -0.39 is 0 Å². The second kappa shape index (κ2) is 7.07. The lowest BCUT2D eigenvalue weighted by Crippen LogP contribution is -1.95. The number of hydrogen-bond acceptors (Lipinski definition) is 6. The minimum Gasteiger partial charge on any atom is -0.493 e. The van der Waals surface area contributed by atoms with E-state index in [1.807, 2.05) is 25.1 Å². The van der Waals surface area contributed by atoms with Crippen LogP contribution in [-0.2, 0) is 11.3 Å². The molecule has 1 aromatic heterocycles. The van der Waals surface area contributed by atoms with Crippen LogP contribution in [0.4, 0.5) is 0 Å². The van der Waals surface area contributed by atoms with Gasteiger partial charge in [-0.1, -0.05) is 0 Å². The first-order chi connectivity index (χ1) is 10.2. The molecule has 2 rings (SSSR count). The van der Waals surface area contributed by atoms with Crippen molar-refractivity contribution in [3.63, 3.8) is 0 Å². The highest BCUT2D eigenvalue weighted by Crippen LogP contribution is 2.35. The Kier molecular flexibility index (Phi) is 5.14. The summed E-state index contributed by atoms with van der Waals surface area (Å²) < 4.78 is 15.9. The largest absolute Gasteiger partial charge is 0.493 e. The Balaban J connectivity index is 2.42. The normalized spacial score (nSPS) is 10.2. The zero-order valence-electron chi connectivity index (χ0n) is 12.2. The van der Waals surface area contributed by atoms with Crippen molar-refractivity contribution >= 4 is 11.3 Å². The fraction of sp³-hybridized carbons (Fsp3) is 0.333. The molecule has 0 radical (unpaired) electrons. The summed E-state index contributed by atoms with van der Waals surface area (Å²) in [5.74, 6) is 1.34. The fourth-order valence-electron chi connectivity index (χ4n) is 1.88. The van der Waals surface area contributed by atoms with Gasteiger partial charge >= 0.3 is 0 Å². The monoisotopic (exact) mass is 304 g/mol. The van der Waals surface area contributed by atoms with Crippen LogP contribution in [0.25, 0.3) is 10.6 Å². The van der Waals surface area contributed by atoms with Gasteiger partial charge in [-0.15, -0.1) is 11.3 Å². The SMILES string of the molecule is CCOc1cc(-c2nc(COC)c(C#N)s2)ccc1OC. The van der Waals surface area contributed by atoms with Crippen LogP contribution in [-0.4, -0.2) is 25.8 Å². The summed E-state index contributed by atoms with van der Waals surface area (Å²) in [6.45, 7) is 2.80. The van der Waals surface area contributed by atoms with Gasteiger partial charge in [-0.25, -0.2) is 4.98 Å². The number of nitrogens with zero attached hydrogens (tertiary/aromatic N) is 2. The van der Waals surface area contributed by atoms with Gasteiger partial charge in [-0.3, -0.25) is 0 Å². The number of benzene rings is 1. The number of hydrogen-bond donors (Lipinski definition) is 0. The Morgan fingerprint density at radius 2 is 2.10 bits per heavy atom. The van der Waals surface area contributed by atoms with Gasteiger partial charge in [0.15, 0.2) is 11.5 Å². The number of thiazole rings is 1. The Hall–Kier alpha value is -2.10. The van der Waals surface area contributed by atoms with Crippen molar-refractivity contribution in [3.8, 4) is 28.1 Å². The van der Waals surface area contributed by atoms with Crippen molar-refractivity contribution in [2.45, 2.75) is 13.5 Å². The molecule has 0 saturated carbocycles. The highest BCUT2D eigenvalue weighted by molar-refractivity contribution is 7.15. The van der Waals surface area contributed by atoms with Crippen molar-refractivity contribution in [2.24, 2.45) is 0 Å². The van der Waals surface area contributed by atoms with Gasteiger partial charge in [-0.2, -0.15) is 5.26 Å². The predicted octanol–water partition coefficient (Wildman–Crippen LogP) is 3.24. The molecular formula is C15H16N2O3S. The number of nitriles is 1. The van der Waals surface area contributed by atoms with E-state index in [4.69, 9.17) is 19.5 Å². The number of ether oxygens (including phenoxy) is 3. The summed E-state index contributed by atoms with van der Waals surface area (Å²) in [5.41, 5.74) is 1.55. The maximum atomic E-state index is 9.15. The van der Waals surface area contributed by atoms with E-state index in [0.717, 1.165) is 10.6 Å². The second-order valence-electron chi connectivity index (χ2n) is 4.14. The predicted molar refractivity (Wildman–Crippen MR) is 80.7 cm³/mol. The molecule has 2 aromatic rings. The molecule has 6 heteroatoms. The van der Waals surface area contributed by atoms with Crippen LogP contribution in [0.1, 0.15) is 17.5 Å². The van der Waals surface area contributed by atoms with E-state index in [1.54, 1.807) is 14.2 Å². The highest BCUT2D eigenvalue weighted by Gasteiger charge is 2.14. The van der Waals surface area contributed by atoms with Gasteiger partial charge in [-0.05, 0) is 25.1 Å². The zero-order valence-corrected chi connectivity index (χ0v) is 13.0. The molecule has 21 heavy (non-hydrogen) atoms. The maximum Gasteiger partial charge on any atom is 0.161 e. The summed E-state index contributed by atoms with van der Waals surface area (Å²) >= 11 is 1.34. The Bertz CT molecular complexity index is 661. The van der Waals surface area contributed by atoms with Gasteiger partial charge in [0, 0.05) is 12.7 Å². The second-order valence-corrected chi connectivity index (χ2v) is 5.14. The topological polar surface area (TPSA) is 64.4 Å². The zero-order chi connectivity index (χ0) is 15.2. The molecule has 5 nitrogen and oxygen atoms in total. The van der Waals surface area contributed by atoms with Gasteiger partial charge < -0.3 is 14.2 Å². The maximum absolute atomic E-state index is 9.15. The van der Waals surface area contributed by atoms with Crippen LogP contribution in [0.5, 0.6) is 11.5 Å². The molecule has 1 heterocycles. The van der Waals surface area contributed by atoms with Gasteiger partial charge in [0.05, 0.1) is 26.0 Å². The first-order valence-corrected chi connectivity index (χ1v) is 7.25. The Morgan fingerprint density at radius 3 is 2.71 bits per heavy atom. The van der Waals surface area contributed by atoms with Crippen molar-refractivity contribution < 1.29 is 14.2 Å². The molecular weight excluding hydrogens is 288 g/mol. The Morgan fingerprint density at radius 1 is 1.29 bits per heavy atom. The molecule has 110 valence electrons. The van der Waals surface area contributed by atoms with E-state index >= 15 is 0 Å². The molecule has 0 fully saturated rings. The highest BCUT2D eigenvalue weighted by atomic mass is 32.1. The minimum atomic E-state index is 0.327. The van der Waals surface area contributed by atoms with Crippen molar-refractivity contribution in [1.29, 1.82) is 5.26 Å². The molecule has 1 aromatic carbocycles. The molecule has 0 aliphatic carbocycles. The molecule has 0 saturated heterocycles. The van der Waals surface area contributed by atoms with Crippen LogP contribution < -0.4 is 9.47 Å². The molecule has 0 unspecified atom stereocenters. The average molecular weight is 304 g/mol. The van der Waals surface area contributed by atoms with Gasteiger partial charge in [0.1, 0.15) is 16.0 Å². The van der Waals surface area contributed by atoms with Crippen LogP contribution in [0, 0.1) is 11.3 Å². The Labute approximate surface area is 127 Å². The molecule has 0 aliphatic rings. The smallest absolute Gasteiger partial charge is 0.161 e. The lowest BCUT2D eigenvalue weighted by molar-refractivity contribution is 0.182. The van der Waals surface area contributed by atoms with E-state index in [9.17, 15) is 0 Å². The number of rotatable bonds is 6. The lowest BCUT2D eigenvalue weighted by atomic mass is 10.2. The summed E-state index contributed by atoms with van der Waals surface area (Å²) in [6.07, 6.45) is 0. The van der Waals surface area contributed by atoms with E-state index in [1.165, 1.54) is 11.3 Å². The molecule has 0 N–H and O–H groups in total. The van der Waals surface area contributed by atoms with Gasteiger partial charge in [0.2, 0.25) is 0 Å².